The molecule has 0 aliphatic rings. The fraction of sp³-hybridized carbons (Fsp3) is 0.125. The van der Waals surface area contributed by atoms with E-state index in [-0.39, 0.29) is 5.95 Å². The first kappa shape index (κ1) is 12.4. The van der Waals surface area contributed by atoms with E-state index in [1.807, 2.05) is 12.1 Å². The van der Waals surface area contributed by atoms with Gasteiger partial charge in [0.05, 0.1) is 11.4 Å². The zero-order chi connectivity index (χ0) is 14.1. The van der Waals surface area contributed by atoms with E-state index in [1.54, 1.807) is 6.20 Å². The van der Waals surface area contributed by atoms with Crippen molar-refractivity contribution in [1.82, 2.24) is 15.0 Å². The molecule has 0 amide bonds. The van der Waals surface area contributed by atoms with Crippen LogP contribution in [0.4, 0.5) is 5.95 Å². The number of nitrogens with one attached hydrogen (secondary N) is 1. The van der Waals surface area contributed by atoms with Crippen molar-refractivity contribution in [2.45, 2.75) is 13.8 Å². The molecule has 0 unspecified atom stereocenters. The molecule has 2 aromatic heterocycles. The Balaban J connectivity index is 2.04. The van der Waals surface area contributed by atoms with Crippen LogP contribution in [-0.4, -0.2) is 15.0 Å². The average molecular weight is 264 g/mol. The van der Waals surface area contributed by atoms with Gasteiger partial charge in [-0.3, -0.25) is 0 Å². The normalized spacial score (nSPS) is 10.7. The van der Waals surface area contributed by atoms with E-state index in [9.17, 15) is 0 Å². The molecule has 2 heterocycles. The first-order valence-electron chi connectivity index (χ1n) is 6.49. The molecule has 0 aliphatic heterocycles. The predicted molar refractivity (Wildman–Crippen MR) is 81.1 cm³/mol. The molecule has 0 aliphatic carbocycles. The minimum atomic E-state index is 0.283. The number of aryl methyl sites for hydroxylation is 2. The fourth-order valence-corrected chi connectivity index (χ4v) is 2.25. The number of aromatic nitrogens is 3. The highest BCUT2D eigenvalue weighted by atomic mass is 15.0. The van der Waals surface area contributed by atoms with Gasteiger partial charge in [-0.25, -0.2) is 9.97 Å². The van der Waals surface area contributed by atoms with Gasteiger partial charge in [0.1, 0.15) is 0 Å². The Morgan fingerprint density at radius 1 is 1.00 bits per heavy atom. The van der Waals surface area contributed by atoms with Crippen molar-refractivity contribution in [3.8, 4) is 22.6 Å². The Morgan fingerprint density at radius 3 is 2.60 bits per heavy atom. The maximum atomic E-state index is 5.62. The lowest BCUT2D eigenvalue weighted by atomic mass is 10.0. The van der Waals surface area contributed by atoms with Crippen LogP contribution in [0.2, 0.25) is 0 Å². The van der Waals surface area contributed by atoms with Gasteiger partial charge in [0.15, 0.2) is 0 Å². The molecule has 3 N–H and O–H groups in total. The molecule has 0 saturated heterocycles. The number of hydrogen-bond acceptors (Lipinski definition) is 3. The summed E-state index contributed by atoms with van der Waals surface area (Å²) in [4.78, 5) is 11.5. The maximum Gasteiger partial charge on any atom is 0.220 e. The van der Waals surface area contributed by atoms with E-state index in [2.05, 4.69) is 53.1 Å². The van der Waals surface area contributed by atoms with Crippen LogP contribution in [0.15, 0.2) is 42.6 Å². The number of rotatable bonds is 2. The molecule has 0 saturated carbocycles. The summed E-state index contributed by atoms with van der Waals surface area (Å²) in [5.41, 5.74) is 12.1. The van der Waals surface area contributed by atoms with Crippen molar-refractivity contribution in [2.24, 2.45) is 0 Å². The van der Waals surface area contributed by atoms with Gasteiger partial charge in [0.2, 0.25) is 5.95 Å². The number of benzene rings is 1. The molecule has 3 rings (SSSR count). The predicted octanol–water partition coefficient (Wildman–Crippen LogP) is 3.34. The van der Waals surface area contributed by atoms with E-state index < -0.39 is 0 Å². The lowest BCUT2D eigenvalue weighted by Crippen LogP contribution is -1.95. The van der Waals surface area contributed by atoms with Crippen molar-refractivity contribution in [3.05, 3.63) is 53.7 Å². The summed E-state index contributed by atoms with van der Waals surface area (Å²) in [5.74, 6) is 0.283. The van der Waals surface area contributed by atoms with E-state index in [1.165, 1.54) is 16.7 Å². The second-order valence-corrected chi connectivity index (χ2v) is 4.90. The van der Waals surface area contributed by atoms with Crippen LogP contribution in [-0.2, 0) is 0 Å². The van der Waals surface area contributed by atoms with E-state index in [0.717, 1.165) is 17.1 Å². The molecule has 3 aromatic rings. The standard InChI is InChI=1S/C16H16N4/c1-10-3-4-11(2)12(9-10)13-5-6-14(19-13)15-7-8-18-16(17)20-15/h3-9,19H,1-2H3,(H2,17,18,20). The Labute approximate surface area is 117 Å². The van der Waals surface area contributed by atoms with Crippen molar-refractivity contribution < 1.29 is 0 Å². The van der Waals surface area contributed by atoms with Gasteiger partial charge >= 0.3 is 0 Å². The van der Waals surface area contributed by atoms with Crippen LogP contribution in [0.1, 0.15) is 11.1 Å². The summed E-state index contributed by atoms with van der Waals surface area (Å²) >= 11 is 0. The quantitative estimate of drug-likeness (QED) is 0.746. The summed E-state index contributed by atoms with van der Waals surface area (Å²) in [7, 11) is 0. The zero-order valence-corrected chi connectivity index (χ0v) is 11.5. The van der Waals surface area contributed by atoms with Gasteiger partial charge in [-0.1, -0.05) is 17.7 Å². The van der Waals surface area contributed by atoms with Crippen LogP contribution < -0.4 is 5.73 Å². The summed E-state index contributed by atoms with van der Waals surface area (Å²) in [6.07, 6.45) is 1.66. The first-order valence-corrected chi connectivity index (χ1v) is 6.49. The molecule has 100 valence electrons. The lowest BCUT2D eigenvalue weighted by Gasteiger charge is -2.05. The SMILES string of the molecule is Cc1ccc(C)c(-c2ccc(-c3ccnc(N)n3)[nH]2)c1. The highest BCUT2D eigenvalue weighted by molar-refractivity contribution is 5.69. The number of hydrogen-bond donors (Lipinski definition) is 2. The second-order valence-electron chi connectivity index (χ2n) is 4.90. The third kappa shape index (κ3) is 2.28. The van der Waals surface area contributed by atoms with Crippen LogP contribution in [0.25, 0.3) is 22.6 Å². The van der Waals surface area contributed by atoms with Gasteiger partial charge in [-0.2, -0.15) is 0 Å². The van der Waals surface area contributed by atoms with Crippen molar-refractivity contribution in [2.75, 3.05) is 5.73 Å². The number of H-pyrrole nitrogens is 1. The molecule has 4 heteroatoms. The molecular formula is C16H16N4. The minimum absolute atomic E-state index is 0.283. The molecule has 0 spiro atoms. The molecule has 0 radical (unpaired) electrons. The highest BCUT2D eigenvalue weighted by Crippen LogP contribution is 2.26. The van der Waals surface area contributed by atoms with Gasteiger partial charge in [-0.15, -0.1) is 0 Å². The third-order valence-electron chi connectivity index (χ3n) is 3.32. The average Bonchev–Trinajstić information content (AvgIpc) is 2.91. The van der Waals surface area contributed by atoms with Crippen molar-refractivity contribution >= 4 is 5.95 Å². The Morgan fingerprint density at radius 2 is 1.80 bits per heavy atom. The molecule has 4 nitrogen and oxygen atoms in total. The van der Waals surface area contributed by atoms with Crippen LogP contribution in [0.5, 0.6) is 0 Å². The minimum Gasteiger partial charge on any atom is -0.368 e. The maximum absolute atomic E-state index is 5.62. The van der Waals surface area contributed by atoms with Gasteiger partial charge in [0, 0.05) is 17.5 Å². The molecule has 0 fully saturated rings. The smallest absolute Gasteiger partial charge is 0.220 e. The Kier molecular flexibility index (Phi) is 2.99. The van der Waals surface area contributed by atoms with E-state index in [4.69, 9.17) is 5.73 Å². The monoisotopic (exact) mass is 264 g/mol. The van der Waals surface area contributed by atoms with E-state index in [0.29, 0.717) is 0 Å². The summed E-state index contributed by atoms with van der Waals surface area (Å²) < 4.78 is 0. The number of nitrogens with two attached hydrogens (primary N) is 1. The summed E-state index contributed by atoms with van der Waals surface area (Å²) in [6, 6.07) is 12.4. The second kappa shape index (κ2) is 4.81. The molecule has 0 atom stereocenters. The van der Waals surface area contributed by atoms with Crippen molar-refractivity contribution in [3.63, 3.8) is 0 Å². The summed E-state index contributed by atoms with van der Waals surface area (Å²) in [5, 5.41) is 0. The van der Waals surface area contributed by atoms with Crippen LogP contribution >= 0.6 is 0 Å². The lowest BCUT2D eigenvalue weighted by molar-refractivity contribution is 1.18. The Hall–Kier alpha value is -2.62. The molecule has 1 aromatic carbocycles. The van der Waals surface area contributed by atoms with Crippen LogP contribution in [0.3, 0.4) is 0 Å². The third-order valence-corrected chi connectivity index (χ3v) is 3.32. The number of nitrogen functional groups attached to an aromatic ring is 1. The summed E-state index contributed by atoms with van der Waals surface area (Å²) in [6.45, 7) is 4.20. The number of anilines is 1. The van der Waals surface area contributed by atoms with Crippen LogP contribution in [0, 0.1) is 13.8 Å². The molecular weight excluding hydrogens is 248 g/mol. The fourth-order valence-electron chi connectivity index (χ4n) is 2.25. The zero-order valence-electron chi connectivity index (χ0n) is 11.5. The topological polar surface area (TPSA) is 67.6 Å². The first-order chi connectivity index (χ1) is 9.63. The van der Waals surface area contributed by atoms with Crippen molar-refractivity contribution in [1.29, 1.82) is 0 Å². The van der Waals surface area contributed by atoms with Gasteiger partial charge in [-0.05, 0) is 43.7 Å². The van der Waals surface area contributed by atoms with Gasteiger partial charge < -0.3 is 10.7 Å². The Bertz CT molecular complexity index is 759. The molecule has 20 heavy (non-hydrogen) atoms. The number of nitrogens with zero attached hydrogens (tertiary/aromatic N) is 2. The van der Waals surface area contributed by atoms with E-state index >= 15 is 0 Å². The van der Waals surface area contributed by atoms with Gasteiger partial charge in [0.25, 0.3) is 0 Å². The number of aromatic amines is 1. The largest absolute Gasteiger partial charge is 0.368 e. The highest BCUT2D eigenvalue weighted by Gasteiger charge is 2.07. The molecule has 0 bridgehead atoms.